The molecule has 0 saturated carbocycles. The highest BCUT2D eigenvalue weighted by atomic mass is 16.5. The van der Waals surface area contributed by atoms with E-state index in [1.807, 2.05) is 24.3 Å². The number of carbonyl (C=O) groups is 2. The maximum absolute atomic E-state index is 11.7. The highest BCUT2D eigenvalue weighted by Gasteiger charge is 2.04. The Morgan fingerprint density at radius 3 is 2.31 bits per heavy atom. The number of unbranched alkanes of at least 4 members (excludes halogenated alkanes) is 6. The van der Waals surface area contributed by atoms with E-state index < -0.39 is 0 Å². The summed E-state index contributed by atoms with van der Waals surface area (Å²) >= 11 is 0. The first-order chi connectivity index (χ1) is 12.7. The summed E-state index contributed by atoms with van der Waals surface area (Å²) in [7, 11) is 1.60. The van der Waals surface area contributed by atoms with Gasteiger partial charge in [-0.15, -0.1) is 0 Å². The molecule has 0 aromatic heterocycles. The average Bonchev–Trinajstić information content (AvgIpc) is 2.66. The van der Waals surface area contributed by atoms with Crippen molar-refractivity contribution in [3.8, 4) is 5.75 Å². The highest BCUT2D eigenvalue weighted by Crippen LogP contribution is 2.09. The number of benzene rings is 1. The number of nitrogens with one attached hydrogen (secondary N) is 2. The number of rotatable bonds is 13. The Balaban J connectivity index is 2.09. The standard InChI is InChI=1S/C20H31N3O3/c1-3-4-5-6-7-8-9-10-19(24)21-16-20(25)23-22-15-17-11-13-18(26-2)14-12-17/h11-15H,3-10,16H2,1-2H3,(H,21,24)(H,23,25)/b22-15+. The molecule has 0 bridgehead atoms. The molecule has 6 nitrogen and oxygen atoms in total. The van der Waals surface area contributed by atoms with E-state index in [2.05, 4.69) is 22.8 Å². The van der Waals surface area contributed by atoms with Crippen molar-refractivity contribution in [2.45, 2.75) is 58.3 Å². The van der Waals surface area contributed by atoms with Crippen LogP contribution in [-0.4, -0.2) is 31.7 Å². The van der Waals surface area contributed by atoms with Crippen molar-refractivity contribution in [2.24, 2.45) is 5.10 Å². The largest absolute Gasteiger partial charge is 0.497 e. The van der Waals surface area contributed by atoms with Crippen LogP contribution in [0.4, 0.5) is 0 Å². The van der Waals surface area contributed by atoms with E-state index in [9.17, 15) is 9.59 Å². The van der Waals surface area contributed by atoms with Crippen molar-refractivity contribution in [2.75, 3.05) is 13.7 Å². The number of hydrogen-bond acceptors (Lipinski definition) is 4. The maximum Gasteiger partial charge on any atom is 0.259 e. The fourth-order valence-corrected chi connectivity index (χ4v) is 2.42. The van der Waals surface area contributed by atoms with Crippen molar-refractivity contribution in [3.05, 3.63) is 29.8 Å². The number of hydrogen-bond donors (Lipinski definition) is 2. The predicted octanol–water partition coefficient (Wildman–Crippen LogP) is 3.40. The van der Waals surface area contributed by atoms with Crippen molar-refractivity contribution in [1.82, 2.24) is 10.7 Å². The molecule has 0 spiro atoms. The van der Waals surface area contributed by atoms with Crippen LogP contribution in [0.1, 0.15) is 63.9 Å². The van der Waals surface area contributed by atoms with E-state index in [0.29, 0.717) is 6.42 Å². The Morgan fingerprint density at radius 1 is 1.00 bits per heavy atom. The van der Waals surface area contributed by atoms with Gasteiger partial charge in [-0.1, -0.05) is 45.4 Å². The molecule has 144 valence electrons. The molecule has 0 unspecified atom stereocenters. The fourth-order valence-electron chi connectivity index (χ4n) is 2.42. The molecule has 0 aliphatic heterocycles. The van der Waals surface area contributed by atoms with Crippen LogP contribution in [0.15, 0.2) is 29.4 Å². The Labute approximate surface area is 156 Å². The SMILES string of the molecule is CCCCCCCCCC(=O)NCC(=O)N/N=C/c1ccc(OC)cc1. The zero-order valence-electron chi connectivity index (χ0n) is 15.9. The minimum atomic E-state index is -0.345. The minimum absolute atomic E-state index is 0.0602. The average molecular weight is 361 g/mol. The number of nitrogens with zero attached hydrogens (tertiary/aromatic N) is 1. The Morgan fingerprint density at radius 2 is 1.65 bits per heavy atom. The van der Waals surface area contributed by atoms with E-state index in [1.54, 1.807) is 7.11 Å². The first-order valence-electron chi connectivity index (χ1n) is 9.38. The summed E-state index contributed by atoms with van der Waals surface area (Å²) in [4.78, 5) is 23.4. The monoisotopic (exact) mass is 361 g/mol. The molecule has 1 aromatic carbocycles. The van der Waals surface area contributed by atoms with E-state index in [-0.39, 0.29) is 18.4 Å². The maximum atomic E-state index is 11.7. The van der Waals surface area contributed by atoms with E-state index in [4.69, 9.17) is 4.74 Å². The molecule has 0 aliphatic rings. The van der Waals surface area contributed by atoms with Crippen LogP contribution in [0.25, 0.3) is 0 Å². The van der Waals surface area contributed by atoms with E-state index >= 15 is 0 Å². The summed E-state index contributed by atoms with van der Waals surface area (Å²) in [6.45, 7) is 2.14. The van der Waals surface area contributed by atoms with Gasteiger partial charge in [0.25, 0.3) is 5.91 Å². The summed E-state index contributed by atoms with van der Waals surface area (Å²) in [5.41, 5.74) is 3.24. The smallest absolute Gasteiger partial charge is 0.259 e. The fraction of sp³-hybridized carbons (Fsp3) is 0.550. The van der Waals surface area contributed by atoms with Crippen LogP contribution < -0.4 is 15.5 Å². The lowest BCUT2D eigenvalue weighted by atomic mass is 10.1. The third kappa shape index (κ3) is 10.5. The molecule has 0 fully saturated rings. The number of amides is 2. The molecular weight excluding hydrogens is 330 g/mol. The van der Waals surface area contributed by atoms with Crippen LogP contribution in [0.5, 0.6) is 5.75 Å². The van der Waals surface area contributed by atoms with Gasteiger partial charge in [-0.3, -0.25) is 9.59 Å². The molecule has 2 N–H and O–H groups in total. The number of hydrazone groups is 1. The zero-order valence-corrected chi connectivity index (χ0v) is 15.9. The van der Waals surface area contributed by atoms with Gasteiger partial charge in [0.2, 0.25) is 5.91 Å². The first-order valence-corrected chi connectivity index (χ1v) is 9.38. The molecule has 0 saturated heterocycles. The first kappa shape index (κ1) is 21.7. The molecule has 1 aromatic rings. The lowest BCUT2D eigenvalue weighted by Crippen LogP contribution is -2.34. The van der Waals surface area contributed by atoms with Gasteiger partial charge < -0.3 is 10.1 Å². The normalized spacial score (nSPS) is 10.7. The van der Waals surface area contributed by atoms with Crippen LogP contribution >= 0.6 is 0 Å². The van der Waals surface area contributed by atoms with Gasteiger partial charge in [-0.2, -0.15) is 5.10 Å². The summed E-state index contributed by atoms with van der Waals surface area (Å²) in [5, 5.41) is 6.49. The summed E-state index contributed by atoms with van der Waals surface area (Å²) in [6.07, 6.45) is 10.2. The van der Waals surface area contributed by atoms with Gasteiger partial charge in [-0.05, 0) is 36.2 Å². The van der Waals surface area contributed by atoms with Crippen LogP contribution in [0.2, 0.25) is 0 Å². The zero-order chi connectivity index (χ0) is 19.0. The van der Waals surface area contributed by atoms with Crippen molar-refractivity contribution >= 4 is 18.0 Å². The molecular formula is C20H31N3O3. The molecule has 0 radical (unpaired) electrons. The summed E-state index contributed by atoms with van der Waals surface area (Å²) < 4.78 is 5.07. The molecule has 1 rings (SSSR count). The second-order valence-corrected chi connectivity index (χ2v) is 6.21. The number of ether oxygens (including phenoxy) is 1. The van der Waals surface area contributed by atoms with Gasteiger partial charge in [0.15, 0.2) is 0 Å². The number of methoxy groups -OCH3 is 1. The Kier molecular flexibility index (Phi) is 11.6. The van der Waals surface area contributed by atoms with Crippen molar-refractivity contribution in [1.29, 1.82) is 0 Å². The second kappa shape index (κ2) is 13.9. The molecule has 0 heterocycles. The molecule has 2 amide bonds. The van der Waals surface area contributed by atoms with Gasteiger partial charge in [0, 0.05) is 6.42 Å². The highest BCUT2D eigenvalue weighted by molar-refractivity contribution is 5.86. The van der Waals surface area contributed by atoms with E-state index in [1.165, 1.54) is 38.3 Å². The Hall–Kier alpha value is -2.37. The lowest BCUT2D eigenvalue weighted by Gasteiger charge is -2.04. The minimum Gasteiger partial charge on any atom is -0.497 e. The number of carbonyl (C=O) groups excluding carboxylic acids is 2. The van der Waals surface area contributed by atoms with E-state index in [0.717, 1.165) is 24.2 Å². The third-order valence-electron chi connectivity index (χ3n) is 3.97. The molecule has 26 heavy (non-hydrogen) atoms. The quantitative estimate of drug-likeness (QED) is 0.321. The third-order valence-corrected chi connectivity index (χ3v) is 3.97. The predicted molar refractivity (Wildman–Crippen MR) is 104 cm³/mol. The van der Waals surface area contributed by atoms with Gasteiger partial charge in [-0.25, -0.2) is 5.43 Å². The lowest BCUT2D eigenvalue weighted by molar-refractivity contribution is -0.126. The Bertz CT molecular complexity index is 556. The van der Waals surface area contributed by atoms with Crippen LogP contribution in [0, 0.1) is 0 Å². The van der Waals surface area contributed by atoms with Crippen molar-refractivity contribution < 1.29 is 14.3 Å². The van der Waals surface area contributed by atoms with Crippen LogP contribution in [0.3, 0.4) is 0 Å². The van der Waals surface area contributed by atoms with Gasteiger partial charge >= 0.3 is 0 Å². The summed E-state index contributed by atoms with van der Waals surface area (Å²) in [6, 6.07) is 7.29. The molecule has 0 atom stereocenters. The van der Waals surface area contributed by atoms with Crippen molar-refractivity contribution in [3.63, 3.8) is 0 Å². The van der Waals surface area contributed by atoms with Gasteiger partial charge in [0.05, 0.1) is 19.9 Å². The second-order valence-electron chi connectivity index (χ2n) is 6.21. The summed E-state index contributed by atoms with van der Waals surface area (Å²) in [5.74, 6) is 0.324. The topological polar surface area (TPSA) is 79.8 Å². The molecule has 6 heteroatoms. The van der Waals surface area contributed by atoms with Gasteiger partial charge in [0.1, 0.15) is 5.75 Å². The van der Waals surface area contributed by atoms with Crippen LogP contribution in [-0.2, 0) is 9.59 Å². The molecule has 0 aliphatic carbocycles.